The van der Waals surface area contributed by atoms with Gasteiger partial charge in [0.2, 0.25) is 5.91 Å². The largest absolute Gasteiger partial charge is 0.383 e. The lowest BCUT2D eigenvalue weighted by Gasteiger charge is -2.14. The fourth-order valence-corrected chi connectivity index (χ4v) is 1.09. The van der Waals surface area contributed by atoms with Gasteiger partial charge < -0.3 is 20.1 Å². The second-order valence-corrected chi connectivity index (χ2v) is 3.88. The molecular formula is C11H24N2O3. The number of carbonyl (C=O) groups is 1. The van der Waals surface area contributed by atoms with Crippen molar-refractivity contribution in [3.63, 3.8) is 0 Å². The van der Waals surface area contributed by atoms with Gasteiger partial charge in [0.25, 0.3) is 0 Å². The lowest BCUT2D eigenvalue weighted by molar-refractivity contribution is -0.123. The number of hydrogen-bond acceptors (Lipinski definition) is 4. The Hall–Kier alpha value is -0.650. The Morgan fingerprint density at radius 3 is 2.44 bits per heavy atom. The van der Waals surface area contributed by atoms with Crippen molar-refractivity contribution in [2.24, 2.45) is 0 Å². The Bertz CT molecular complexity index is 186. The highest BCUT2D eigenvalue weighted by Crippen LogP contribution is 1.87. The third-order valence-corrected chi connectivity index (χ3v) is 2.00. The molecule has 5 heteroatoms. The standard InChI is InChI=1S/C11H24N2O3/c1-9(2)16-8-6-12-10(3)11(14)13-5-7-15-4/h9-10,12H,5-8H2,1-4H3,(H,13,14). The molecule has 0 aliphatic rings. The zero-order valence-corrected chi connectivity index (χ0v) is 10.7. The molecule has 1 unspecified atom stereocenters. The Morgan fingerprint density at radius 2 is 1.88 bits per heavy atom. The number of amides is 1. The van der Waals surface area contributed by atoms with Gasteiger partial charge in [0, 0.05) is 20.2 Å². The Kier molecular flexibility index (Phi) is 9.18. The molecule has 0 aliphatic carbocycles. The molecule has 0 heterocycles. The third kappa shape index (κ3) is 8.64. The van der Waals surface area contributed by atoms with Crippen molar-refractivity contribution >= 4 is 5.91 Å². The van der Waals surface area contributed by atoms with Crippen LogP contribution in [-0.2, 0) is 14.3 Å². The quantitative estimate of drug-likeness (QED) is 0.556. The van der Waals surface area contributed by atoms with Crippen molar-refractivity contribution in [3.8, 4) is 0 Å². The summed E-state index contributed by atoms with van der Waals surface area (Å²) in [7, 11) is 1.61. The van der Waals surface area contributed by atoms with Crippen molar-refractivity contribution < 1.29 is 14.3 Å². The van der Waals surface area contributed by atoms with Crippen LogP contribution in [0.15, 0.2) is 0 Å². The van der Waals surface area contributed by atoms with E-state index < -0.39 is 0 Å². The second kappa shape index (κ2) is 9.57. The molecule has 1 atom stereocenters. The van der Waals surface area contributed by atoms with E-state index in [0.717, 1.165) is 0 Å². The maximum absolute atomic E-state index is 11.5. The van der Waals surface area contributed by atoms with Crippen molar-refractivity contribution in [3.05, 3.63) is 0 Å². The normalized spacial score (nSPS) is 12.8. The minimum atomic E-state index is -0.201. The van der Waals surface area contributed by atoms with Gasteiger partial charge >= 0.3 is 0 Å². The molecule has 96 valence electrons. The molecule has 0 bridgehead atoms. The number of ether oxygens (including phenoxy) is 2. The van der Waals surface area contributed by atoms with Crippen LogP contribution in [0.4, 0.5) is 0 Å². The van der Waals surface area contributed by atoms with Gasteiger partial charge in [0.05, 0.1) is 25.4 Å². The maximum atomic E-state index is 11.5. The van der Waals surface area contributed by atoms with Gasteiger partial charge in [-0.05, 0) is 20.8 Å². The van der Waals surface area contributed by atoms with E-state index in [1.165, 1.54) is 0 Å². The van der Waals surface area contributed by atoms with Crippen LogP contribution in [-0.4, -0.2) is 51.5 Å². The first kappa shape index (κ1) is 15.3. The Labute approximate surface area is 97.9 Å². The molecule has 0 radical (unpaired) electrons. The molecule has 0 aromatic rings. The third-order valence-electron chi connectivity index (χ3n) is 2.00. The van der Waals surface area contributed by atoms with Crippen molar-refractivity contribution in [2.45, 2.75) is 32.9 Å². The molecule has 5 nitrogen and oxygen atoms in total. The first-order valence-electron chi connectivity index (χ1n) is 5.69. The van der Waals surface area contributed by atoms with Crippen LogP contribution in [0.5, 0.6) is 0 Å². The lowest BCUT2D eigenvalue weighted by Crippen LogP contribution is -2.44. The van der Waals surface area contributed by atoms with Gasteiger partial charge in [0.1, 0.15) is 0 Å². The van der Waals surface area contributed by atoms with Crippen LogP contribution >= 0.6 is 0 Å². The van der Waals surface area contributed by atoms with E-state index in [1.807, 2.05) is 20.8 Å². The predicted octanol–water partition coefficient (Wildman–Crippen LogP) is 0.152. The van der Waals surface area contributed by atoms with E-state index in [1.54, 1.807) is 7.11 Å². The van der Waals surface area contributed by atoms with Gasteiger partial charge in [-0.2, -0.15) is 0 Å². The summed E-state index contributed by atoms with van der Waals surface area (Å²) in [6.07, 6.45) is 0.229. The number of nitrogens with one attached hydrogen (secondary N) is 2. The van der Waals surface area contributed by atoms with Crippen LogP contribution in [0.2, 0.25) is 0 Å². The van der Waals surface area contributed by atoms with E-state index in [2.05, 4.69) is 10.6 Å². The van der Waals surface area contributed by atoms with Crippen molar-refractivity contribution in [1.29, 1.82) is 0 Å². The van der Waals surface area contributed by atoms with E-state index in [-0.39, 0.29) is 18.1 Å². The van der Waals surface area contributed by atoms with Crippen LogP contribution in [0, 0.1) is 0 Å². The molecule has 0 saturated carbocycles. The fourth-order valence-electron chi connectivity index (χ4n) is 1.09. The molecule has 0 aliphatic heterocycles. The molecular weight excluding hydrogens is 208 g/mol. The predicted molar refractivity (Wildman–Crippen MR) is 63.4 cm³/mol. The average Bonchev–Trinajstić information content (AvgIpc) is 2.24. The van der Waals surface area contributed by atoms with Gasteiger partial charge in [-0.3, -0.25) is 4.79 Å². The molecule has 0 fully saturated rings. The highest BCUT2D eigenvalue weighted by molar-refractivity contribution is 5.81. The average molecular weight is 232 g/mol. The van der Waals surface area contributed by atoms with E-state index in [9.17, 15) is 4.79 Å². The van der Waals surface area contributed by atoms with E-state index in [0.29, 0.717) is 26.3 Å². The molecule has 0 aromatic carbocycles. The van der Waals surface area contributed by atoms with Crippen LogP contribution in [0.1, 0.15) is 20.8 Å². The summed E-state index contributed by atoms with van der Waals surface area (Å²) in [5.41, 5.74) is 0. The minimum absolute atomic E-state index is 0.0124. The Morgan fingerprint density at radius 1 is 1.19 bits per heavy atom. The molecule has 1 amide bonds. The number of carbonyl (C=O) groups excluding carboxylic acids is 1. The van der Waals surface area contributed by atoms with E-state index in [4.69, 9.17) is 9.47 Å². The van der Waals surface area contributed by atoms with Crippen LogP contribution in [0.3, 0.4) is 0 Å². The van der Waals surface area contributed by atoms with Gasteiger partial charge in [0.15, 0.2) is 0 Å². The monoisotopic (exact) mass is 232 g/mol. The van der Waals surface area contributed by atoms with Crippen LogP contribution < -0.4 is 10.6 Å². The second-order valence-electron chi connectivity index (χ2n) is 3.88. The lowest BCUT2D eigenvalue weighted by atomic mass is 10.3. The van der Waals surface area contributed by atoms with Gasteiger partial charge in [-0.1, -0.05) is 0 Å². The summed E-state index contributed by atoms with van der Waals surface area (Å²) < 4.78 is 10.2. The fraction of sp³-hybridized carbons (Fsp3) is 0.909. The summed E-state index contributed by atoms with van der Waals surface area (Å²) in [6, 6.07) is -0.201. The zero-order valence-electron chi connectivity index (χ0n) is 10.7. The summed E-state index contributed by atoms with van der Waals surface area (Å²) in [5, 5.41) is 5.85. The minimum Gasteiger partial charge on any atom is -0.383 e. The van der Waals surface area contributed by atoms with Crippen molar-refractivity contribution in [2.75, 3.05) is 33.4 Å². The molecule has 0 spiro atoms. The summed E-state index contributed by atoms with van der Waals surface area (Å²) in [4.78, 5) is 11.5. The highest BCUT2D eigenvalue weighted by Gasteiger charge is 2.10. The zero-order chi connectivity index (χ0) is 12.4. The van der Waals surface area contributed by atoms with E-state index >= 15 is 0 Å². The summed E-state index contributed by atoms with van der Waals surface area (Å²) in [6.45, 7) is 8.18. The molecule has 16 heavy (non-hydrogen) atoms. The number of rotatable bonds is 9. The number of methoxy groups -OCH3 is 1. The topological polar surface area (TPSA) is 59.6 Å². The van der Waals surface area contributed by atoms with Crippen molar-refractivity contribution in [1.82, 2.24) is 10.6 Å². The number of hydrogen-bond donors (Lipinski definition) is 2. The Balaban J connectivity index is 3.47. The van der Waals surface area contributed by atoms with Crippen LogP contribution in [0.25, 0.3) is 0 Å². The molecule has 2 N–H and O–H groups in total. The highest BCUT2D eigenvalue weighted by atomic mass is 16.5. The first-order valence-corrected chi connectivity index (χ1v) is 5.69. The van der Waals surface area contributed by atoms with Gasteiger partial charge in [-0.15, -0.1) is 0 Å². The molecule has 0 aromatic heterocycles. The molecule has 0 rings (SSSR count). The van der Waals surface area contributed by atoms with Gasteiger partial charge in [-0.25, -0.2) is 0 Å². The SMILES string of the molecule is COCCNC(=O)C(C)NCCOC(C)C. The summed E-state index contributed by atoms with van der Waals surface area (Å²) in [5.74, 6) is -0.0124. The first-order chi connectivity index (χ1) is 7.57. The smallest absolute Gasteiger partial charge is 0.236 e. The summed E-state index contributed by atoms with van der Waals surface area (Å²) >= 11 is 0. The molecule has 0 saturated heterocycles. The maximum Gasteiger partial charge on any atom is 0.236 e.